The second-order valence-electron chi connectivity index (χ2n) is 8.38. The summed E-state index contributed by atoms with van der Waals surface area (Å²) in [7, 11) is 1.63. The van der Waals surface area contributed by atoms with Crippen molar-refractivity contribution in [1.29, 1.82) is 0 Å². The van der Waals surface area contributed by atoms with Gasteiger partial charge < -0.3 is 9.30 Å². The van der Waals surface area contributed by atoms with Gasteiger partial charge in [0.2, 0.25) is 0 Å². The van der Waals surface area contributed by atoms with Gasteiger partial charge in [0.15, 0.2) is 10.9 Å². The smallest absolute Gasteiger partial charge is 0.263 e. The van der Waals surface area contributed by atoms with Crippen LogP contribution in [-0.4, -0.2) is 39.4 Å². The third-order valence-corrected chi connectivity index (χ3v) is 8.37. The van der Waals surface area contributed by atoms with Crippen LogP contribution in [0.5, 0.6) is 0 Å². The summed E-state index contributed by atoms with van der Waals surface area (Å²) < 4.78 is 9.15. The van der Waals surface area contributed by atoms with E-state index in [1.807, 2.05) is 19.9 Å². The molecule has 0 bridgehead atoms. The Kier molecular flexibility index (Phi) is 7.22. The summed E-state index contributed by atoms with van der Waals surface area (Å²) >= 11 is 3.00. The van der Waals surface area contributed by atoms with Crippen molar-refractivity contribution < 1.29 is 9.53 Å². The number of hydrogen-bond acceptors (Lipinski definition) is 6. The zero-order valence-electron chi connectivity index (χ0n) is 19.3. The minimum atomic E-state index is 0.00234. The Bertz CT molecular complexity index is 1210. The summed E-state index contributed by atoms with van der Waals surface area (Å²) in [4.78, 5) is 33.5. The van der Waals surface area contributed by atoms with E-state index in [1.165, 1.54) is 28.6 Å². The van der Waals surface area contributed by atoms with E-state index in [1.54, 1.807) is 23.0 Å². The molecule has 4 rings (SSSR count). The average molecular weight is 474 g/mol. The maximum Gasteiger partial charge on any atom is 0.263 e. The molecule has 0 aliphatic heterocycles. The molecule has 0 atom stereocenters. The van der Waals surface area contributed by atoms with Gasteiger partial charge in [-0.1, -0.05) is 18.7 Å². The number of Topliss-reactive ketones (excluding diaryl/α,β-unsaturated/α-hetero) is 1. The minimum absolute atomic E-state index is 0.00234. The number of carbonyl (C=O) groups excluding carboxylic acids is 1. The van der Waals surface area contributed by atoms with Crippen LogP contribution in [-0.2, 0) is 30.7 Å². The highest BCUT2D eigenvalue weighted by molar-refractivity contribution is 7.99. The van der Waals surface area contributed by atoms with Gasteiger partial charge in [-0.05, 0) is 57.6 Å². The summed E-state index contributed by atoms with van der Waals surface area (Å²) in [6.07, 6.45) is 5.30. The Hall–Kier alpha value is -1.90. The Morgan fingerprint density at radius 2 is 2.00 bits per heavy atom. The molecule has 0 spiro atoms. The first-order valence-corrected chi connectivity index (χ1v) is 13.1. The van der Waals surface area contributed by atoms with Crippen LogP contribution in [0.1, 0.15) is 58.4 Å². The number of ether oxygens (including phenoxy) is 1. The lowest BCUT2D eigenvalue weighted by atomic mass is 9.97. The third kappa shape index (κ3) is 4.32. The van der Waals surface area contributed by atoms with Crippen molar-refractivity contribution in [2.24, 2.45) is 0 Å². The third-order valence-electron chi connectivity index (χ3n) is 6.21. The normalized spacial score (nSPS) is 13.6. The maximum absolute atomic E-state index is 13.4. The molecule has 0 saturated heterocycles. The molecule has 3 aromatic heterocycles. The molecule has 0 N–H and O–H groups in total. The summed E-state index contributed by atoms with van der Waals surface area (Å²) in [6.45, 7) is 7.97. The van der Waals surface area contributed by atoms with Crippen molar-refractivity contribution in [3.8, 4) is 0 Å². The van der Waals surface area contributed by atoms with Crippen LogP contribution in [0, 0.1) is 13.8 Å². The second kappa shape index (κ2) is 9.93. The number of aryl methyl sites for hydroxylation is 3. The first-order chi connectivity index (χ1) is 15.5. The Labute approximate surface area is 197 Å². The van der Waals surface area contributed by atoms with Gasteiger partial charge in [-0.2, -0.15) is 0 Å². The molecule has 0 radical (unpaired) electrons. The van der Waals surface area contributed by atoms with E-state index in [4.69, 9.17) is 9.72 Å². The summed E-state index contributed by atoms with van der Waals surface area (Å²) in [5.74, 6) is 0.329. The van der Waals surface area contributed by atoms with E-state index >= 15 is 0 Å². The average Bonchev–Trinajstić information content (AvgIpc) is 3.29. The van der Waals surface area contributed by atoms with Gasteiger partial charge in [-0.3, -0.25) is 14.2 Å². The van der Waals surface area contributed by atoms with Gasteiger partial charge >= 0.3 is 0 Å². The number of aromatic nitrogens is 3. The molecule has 3 aromatic rings. The highest BCUT2D eigenvalue weighted by Gasteiger charge is 2.23. The molecule has 3 heterocycles. The van der Waals surface area contributed by atoms with E-state index in [-0.39, 0.29) is 17.1 Å². The molecule has 172 valence electrons. The molecule has 0 aromatic carbocycles. The molecule has 1 aliphatic rings. The molecule has 0 amide bonds. The number of ketones is 1. The van der Waals surface area contributed by atoms with Crippen LogP contribution in [0.15, 0.2) is 16.0 Å². The van der Waals surface area contributed by atoms with Crippen molar-refractivity contribution in [1.82, 2.24) is 14.1 Å². The quantitative estimate of drug-likeness (QED) is 0.254. The topological polar surface area (TPSA) is 66.1 Å². The summed E-state index contributed by atoms with van der Waals surface area (Å²) in [5, 5.41) is 1.38. The number of thiophene rings is 1. The van der Waals surface area contributed by atoms with Crippen LogP contribution in [0.4, 0.5) is 0 Å². The van der Waals surface area contributed by atoms with Crippen molar-refractivity contribution in [3.63, 3.8) is 0 Å². The van der Waals surface area contributed by atoms with Crippen molar-refractivity contribution in [3.05, 3.63) is 43.8 Å². The lowest BCUT2D eigenvalue weighted by Crippen LogP contribution is -2.26. The highest BCUT2D eigenvalue weighted by Crippen LogP contribution is 2.34. The first-order valence-electron chi connectivity index (χ1n) is 11.3. The van der Waals surface area contributed by atoms with Crippen LogP contribution in [0.2, 0.25) is 0 Å². The van der Waals surface area contributed by atoms with Gasteiger partial charge in [-0.15, -0.1) is 11.3 Å². The maximum atomic E-state index is 13.4. The number of rotatable bonds is 9. The lowest BCUT2D eigenvalue weighted by Gasteiger charge is -2.13. The number of carbonyl (C=O) groups is 1. The largest absolute Gasteiger partial charge is 0.383 e. The van der Waals surface area contributed by atoms with Crippen LogP contribution >= 0.6 is 23.1 Å². The van der Waals surface area contributed by atoms with E-state index in [0.717, 1.165) is 59.4 Å². The summed E-state index contributed by atoms with van der Waals surface area (Å²) in [6, 6.07) is 1.98. The predicted molar refractivity (Wildman–Crippen MR) is 132 cm³/mol. The van der Waals surface area contributed by atoms with Gasteiger partial charge in [0.25, 0.3) is 5.56 Å². The number of hydrogen-bond donors (Lipinski definition) is 0. The van der Waals surface area contributed by atoms with E-state index < -0.39 is 0 Å². The van der Waals surface area contributed by atoms with Crippen molar-refractivity contribution >= 4 is 39.1 Å². The monoisotopic (exact) mass is 473 g/mol. The number of methoxy groups -OCH3 is 1. The molecular formula is C24H31N3O3S2. The van der Waals surface area contributed by atoms with Crippen LogP contribution in [0.3, 0.4) is 0 Å². The summed E-state index contributed by atoms with van der Waals surface area (Å²) in [5.41, 5.74) is 4.08. The SMILES string of the molecule is CCCn1c(C)cc(C(=O)CSc2nc3sc4c(c3c(=O)n2CCOC)CCCC4)c1C. The molecule has 1 aliphatic carbocycles. The van der Waals surface area contributed by atoms with Crippen LogP contribution < -0.4 is 5.56 Å². The standard InChI is InChI=1S/C24H31N3O3S2/c1-5-10-26-15(2)13-18(16(26)3)19(28)14-31-24-25-22-21(23(29)27(24)11-12-30-4)17-8-6-7-9-20(17)32-22/h13H,5-12,14H2,1-4H3. The number of fused-ring (bicyclic) bond motifs is 3. The Balaban J connectivity index is 1.65. The molecule has 6 nitrogen and oxygen atoms in total. The highest BCUT2D eigenvalue weighted by atomic mass is 32.2. The number of thioether (sulfide) groups is 1. The molecule has 0 fully saturated rings. The fourth-order valence-electron chi connectivity index (χ4n) is 4.57. The molecule has 32 heavy (non-hydrogen) atoms. The van der Waals surface area contributed by atoms with Crippen molar-refractivity contribution in [2.45, 2.75) is 71.1 Å². The van der Waals surface area contributed by atoms with Crippen LogP contribution in [0.25, 0.3) is 10.2 Å². The first kappa shape index (κ1) is 23.3. The Morgan fingerprint density at radius 1 is 1.22 bits per heavy atom. The molecule has 0 unspecified atom stereocenters. The molecular weight excluding hydrogens is 442 g/mol. The van der Waals surface area contributed by atoms with E-state index in [0.29, 0.717) is 18.3 Å². The molecule has 0 saturated carbocycles. The lowest BCUT2D eigenvalue weighted by molar-refractivity contribution is 0.102. The van der Waals surface area contributed by atoms with Gasteiger partial charge in [0, 0.05) is 35.5 Å². The number of nitrogens with zero attached hydrogens (tertiary/aromatic N) is 3. The zero-order chi connectivity index (χ0) is 22.8. The van der Waals surface area contributed by atoms with E-state index in [2.05, 4.69) is 11.5 Å². The molecule has 8 heteroatoms. The minimum Gasteiger partial charge on any atom is -0.383 e. The fourth-order valence-corrected chi connectivity index (χ4v) is 6.78. The van der Waals surface area contributed by atoms with Gasteiger partial charge in [0.05, 0.1) is 24.3 Å². The van der Waals surface area contributed by atoms with Gasteiger partial charge in [0.1, 0.15) is 4.83 Å². The van der Waals surface area contributed by atoms with Crippen molar-refractivity contribution in [2.75, 3.05) is 19.5 Å². The Morgan fingerprint density at radius 3 is 2.75 bits per heavy atom. The predicted octanol–water partition coefficient (Wildman–Crippen LogP) is 4.79. The van der Waals surface area contributed by atoms with Gasteiger partial charge in [-0.25, -0.2) is 4.98 Å². The fraction of sp³-hybridized carbons (Fsp3) is 0.542. The second-order valence-corrected chi connectivity index (χ2v) is 10.4. The van der Waals surface area contributed by atoms with E-state index in [9.17, 15) is 9.59 Å². The zero-order valence-corrected chi connectivity index (χ0v) is 21.0.